The molecule has 2 aliphatic rings. The molecule has 144 valence electrons. The summed E-state index contributed by atoms with van der Waals surface area (Å²) in [5.41, 5.74) is 1.58. The van der Waals surface area contributed by atoms with Gasteiger partial charge in [0.25, 0.3) is 0 Å². The van der Waals surface area contributed by atoms with Crippen LogP contribution >= 0.6 is 35.1 Å². The number of thiazole rings is 1. The van der Waals surface area contributed by atoms with Gasteiger partial charge in [-0.05, 0) is 60.2 Å². The molecule has 0 bridgehead atoms. The zero-order valence-corrected chi connectivity index (χ0v) is 16.5. The summed E-state index contributed by atoms with van der Waals surface area (Å²) in [6, 6.07) is 2.55. The minimum atomic E-state index is -4.30. The molecule has 1 saturated carbocycles. The molecule has 26 heavy (non-hydrogen) atoms. The second kappa shape index (κ2) is 7.75. The fourth-order valence-corrected chi connectivity index (χ4v) is 5.36. The first-order chi connectivity index (χ1) is 12.0. The average Bonchev–Trinajstić information content (AvgIpc) is 3.00. The van der Waals surface area contributed by atoms with E-state index in [2.05, 4.69) is 26.6 Å². The summed E-state index contributed by atoms with van der Waals surface area (Å²) < 4.78 is 38.6. The zero-order valence-electron chi connectivity index (χ0n) is 14.1. The highest BCUT2D eigenvalue weighted by Gasteiger charge is 2.56. The molecule has 1 atom stereocenters. The molecule has 4 rings (SSSR count). The summed E-state index contributed by atoms with van der Waals surface area (Å²) in [4.78, 5) is 5.78. The normalized spacial score (nSPS) is 21.8. The summed E-state index contributed by atoms with van der Waals surface area (Å²) in [7, 11) is 0. The Bertz CT molecular complexity index is 711. The van der Waals surface area contributed by atoms with E-state index in [-0.39, 0.29) is 12.4 Å². The molecular weight excluding hydrogens is 403 g/mol. The van der Waals surface area contributed by atoms with Crippen LogP contribution in [0, 0.1) is 5.41 Å². The quantitative estimate of drug-likeness (QED) is 0.749. The van der Waals surface area contributed by atoms with Crippen LogP contribution in [0.4, 0.5) is 13.2 Å². The Morgan fingerprint density at radius 1 is 1.27 bits per heavy atom. The molecule has 1 N–H and O–H groups in total. The van der Waals surface area contributed by atoms with Gasteiger partial charge in [0.2, 0.25) is 0 Å². The number of rotatable bonds is 5. The van der Waals surface area contributed by atoms with E-state index in [1.807, 2.05) is 5.38 Å². The number of alkyl halides is 3. The van der Waals surface area contributed by atoms with E-state index in [9.17, 15) is 13.2 Å². The summed E-state index contributed by atoms with van der Waals surface area (Å²) in [5.74, 6) is 0. The van der Waals surface area contributed by atoms with Gasteiger partial charge in [-0.2, -0.15) is 24.5 Å². The first-order valence-corrected chi connectivity index (χ1v) is 10.2. The van der Waals surface area contributed by atoms with Crippen LogP contribution in [0.5, 0.6) is 0 Å². The van der Waals surface area contributed by atoms with Crippen molar-refractivity contribution < 1.29 is 13.2 Å². The number of nitrogens with zero attached hydrogens (tertiary/aromatic N) is 2. The molecule has 1 aliphatic heterocycles. The predicted molar refractivity (Wildman–Crippen MR) is 101 cm³/mol. The molecule has 1 spiro atoms. The van der Waals surface area contributed by atoms with E-state index in [1.165, 1.54) is 5.56 Å². The Hall–Kier alpha value is -0.670. The molecule has 0 radical (unpaired) electrons. The molecule has 3 heterocycles. The molecule has 1 aliphatic carbocycles. The first kappa shape index (κ1) is 20.1. The van der Waals surface area contributed by atoms with Gasteiger partial charge in [-0.3, -0.25) is 4.90 Å². The van der Waals surface area contributed by atoms with Crippen molar-refractivity contribution in [3.05, 3.63) is 38.5 Å². The van der Waals surface area contributed by atoms with Gasteiger partial charge >= 0.3 is 6.18 Å². The van der Waals surface area contributed by atoms with Crippen LogP contribution in [-0.2, 0) is 19.3 Å². The highest BCUT2D eigenvalue weighted by Crippen LogP contribution is 2.56. The van der Waals surface area contributed by atoms with Gasteiger partial charge in [-0.1, -0.05) is 0 Å². The first-order valence-electron chi connectivity index (χ1n) is 8.44. The van der Waals surface area contributed by atoms with Gasteiger partial charge in [-0.25, -0.2) is 4.98 Å². The van der Waals surface area contributed by atoms with E-state index >= 15 is 0 Å². The maximum atomic E-state index is 12.9. The standard InChI is InChI=1S/C17H20F3N3S2.ClH/c18-17(19,20)14-8-22-15(25-14)10-23(9-12-1-6-24-11-12)13-7-16(13)2-4-21-5-3-16;/h1,6,8,11,13,21H,2-5,7,9-10H2;1H. The van der Waals surface area contributed by atoms with Crippen molar-refractivity contribution in [2.45, 2.75) is 44.6 Å². The minimum absolute atomic E-state index is 0. The van der Waals surface area contributed by atoms with Crippen LogP contribution < -0.4 is 5.32 Å². The predicted octanol–water partition coefficient (Wildman–Crippen LogP) is 4.79. The van der Waals surface area contributed by atoms with Gasteiger partial charge in [0, 0.05) is 12.6 Å². The lowest BCUT2D eigenvalue weighted by atomic mass is 9.93. The molecule has 2 aromatic heterocycles. The number of nitrogens with one attached hydrogen (secondary N) is 1. The Kier molecular flexibility index (Phi) is 5.99. The van der Waals surface area contributed by atoms with Crippen molar-refractivity contribution in [1.29, 1.82) is 0 Å². The number of aromatic nitrogens is 1. The van der Waals surface area contributed by atoms with Crippen molar-refractivity contribution in [3.63, 3.8) is 0 Å². The van der Waals surface area contributed by atoms with Gasteiger partial charge in [-0.15, -0.1) is 23.7 Å². The fraction of sp³-hybridized carbons (Fsp3) is 0.588. The van der Waals surface area contributed by atoms with Crippen LogP contribution in [0.1, 0.15) is 34.7 Å². The van der Waals surface area contributed by atoms with Gasteiger partial charge < -0.3 is 5.32 Å². The summed E-state index contributed by atoms with van der Waals surface area (Å²) in [6.07, 6.45) is 0.128. The van der Waals surface area contributed by atoms with Crippen molar-refractivity contribution in [3.8, 4) is 0 Å². The topological polar surface area (TPSA) is 28.2 Å². The van der Waals surface area contributed by atoms with E-state index < -0.39 is 11.1 Å². The third-order valence-corrected chi connectivity index (χ3v) is 7.08. The van der Waals surface area contributed by atoms with Crippen LogP contribution in [0.3, 0.4) is 0 Å². The van der Waals surface area contributed by atoms with E-state index in [0.717, 1.165) is 56.4 Å². The van der Waals surface area contributed by atoms with Crippen molar-refractivity contribution in [1.82, 2.24) is 15.2 Å². The number of piperidine rings is 1. The number of halogens is 4. The van der Waals surface area contributed by atoms with Crippen LogP contribution in [0.2, 0.25) is 0 Å². The number of hydrogen-bond acceptors (Lipinski definition) is 5. The van der Waals surface area contributed by atoms with Crippen LogP contribution in [0.25, 0.3) is 0 Å². The van der Waals surface area contributed by atoms with E-state index in [0.29, 0.717) is 23.0 Å². The Morgan fingerprint density at radius 3 is 2.65 bits per heavy atom. The molecule has 0 aromatic carbocycles. The highest BCUT2D eigenvalue weighted by atomic mass is 35.5. The highest BCUT2D eigenvalue weighted by molar-refractivity contribution is 7.11. The molecule has 1 saturated heterocycles. The summed E-state index contributed by atoms with van der Waals surface area (Å²) in [6.45, 7) is 3.36. The van der Waals surface area contributed by atoms with Gasteiger partial charge in [0.05, 0.1) is 12.7 Å². The Morgan fingerprint density at radius 2 is 2.04 bits per heavy atom. The maximum Gasteiger partial charge on any atom is 0.427 e. The van der Waals surface area contributed by atoms with Crippen LogP contribution in [0.15, 0.2) is 23.0 Å². The SMILES string of the molecule is Cl.FC(F)(F)c1cnc(CN(Cc2ccsc2)C2CC23CCNCC3)s1. The minimum Gasteiger partial charge on any atom is -0.317 e. The van der Waals surface area contributed by atoms with Crippen molar-refractivity contribution >= 4 is 35.1 Å². The van der Waals surface area contributed by atoms with E-state index in [4.69, 9.17) is 0 Å². The zero-order chi connectivity index (χ0) is 17.5. The molecule has 0 amide bonds. The molecule has 1 unspecified atom stereocenters. The monoisotopic (exact) mass is 423 g/mol. The lowest BCUT2D eigenvalue weighted by Gasteiger charge is -2.29. The third kappa shape index (κ3) is 4.25. The Labute approximate surface area is 165 Å². The molecule has 3 nitrogen and oxygen atoms in total. The van der Waals surface area contributed by atoms with Crippen molar-refractivity contribution in [2.75, 3.05) is 13.1 Å². The molecule has 2 aromatic rings. The maximum absolute atomic E-state index is 12.9. The number of thiophene rings is 1. The second-order valence-electron chi connectivity index (χ2n) is 6.98. The van der Waals surface area contributed by atoms with Crippen molar-refractivity contribution in [2.24, 2.45) is 5.41 Å². The summed E-state index contributed by atoms with van der Waals surface area (Å²) >= 11 is 2.43. The largest absolute Gasteiger partial charge is 0.427 e. The van der Waals surface area contributed by atoms with Gasteiger partial charge in [0.15, 0.2) is 0 Å². The Balaban J connectivity index is 0.00000196. The van der Waals surface area contributed by atoms with Crippen LogP contribution in [-0.4, -0.2) is 29.0 Å². The number of hydrogen-bond donors (Lipinski definition) is 1. The van der Waals surface area contributed by atoms with E-state index in [1.54, 1.807) is 11.3 Å². The van der Waals surface area contributed by atoms with Gasteiger partial charge in [0.1, 0.15) is 9.88 Å². The average molecular weight is 424 g/mol. The second-order valence-corrected chi connectivity index (χ2v) is 8.88. The molecule has 2 fully saturated rings. The summed E-state index contributed by atoms with van der Waals surface area (Å²) in [5, 5.41) is 8.12. The fourth-order valence-electron chi connectivity index (χ4n) is 3.89. The third-order valence-electron chi connectivity index (χ3n) is 5.32. The lowest BCUT2D eigenvalue weighted by Crippen LogP contribution is -2.35. The smallest absolute Gasteiger partial charge is 0.317 e. The molecular formula is C17H21ClF3N3S2. The molecule has 9 heteroatoms. The lowest BCUT2D eigenvalue weighted by molar-refractivity contribution is -0.134.